The van der Waals surface area contributed by atoms with Crippen LogP contribution in [-0.2, 0) is 13.1 Å². The Hall–Kier alpha value is -2.74. The molecule has 0 fully saturated rings. The molecule has 0 bridgehead atoms. The van der Waals surface area contributed by atoms with Crippen molar-refractivity contribution in [3.8, 4) is 0 Å². The van der Waals surface area contributed by atoms with E-state index in [-0.39, 0.29) is 11.3 Å². The highest BCUT2D eigenvalue weighted by molar-refractivity contribution is 8.05. The molecule has 0 aliphatic rings. The number of hydrogen-bond donors (Lipinski definition) is 3. The number of pyridine rings is 1. The first kappa shape index (κ1) is 22.5. The summed E-state index contributed by atoms with van der Waals surface area (Å²) in [6, 6.07) is 1.80. The third-order valence-corrected chi connectivity index (χ3v) is 5.75. The van der Waals surface area contributed by atoms with E-state index in [0.29, 0.717) is 30.2 Å². The molecular weight excluding hydrogens is 384 g/mol. The molecule has 2 aromatic rings. The molecule has 1 amide bonds. The zero-order valence-electron chi connectivity index (χ0n) is 17.7. The minimum Gasteiger partial charge on any atom is -0.400 e. The van der Waals surface area contributed by atoms with Gasteiger partial charge in [-0.15, -0.1) is 11.8 Å². The van der Waals surface area contributed by atoms with Gasteiger partial charge in [0.2, 0.25) is 0 Å². The maximum Gasteiger partial charge on any atom is 0.254 e. The summed E-state index contributed by atoms with van der Waals surface area (Å²) >= 11 is 1.52. The third kappa shape index (κ3) is 6.39. The number of nitrogens with one attached hydrogen (secondary N) is 1. The van der Waals surface area contributed by atoms with Gasteiger partial charge in [0.05, 0.1) is 18.3 Å². The molecule has 7 nitrogen and oxygen atoms in total. The number of hydrogen-bond acceptors (Lipinski definition) is 6. The van der Waals surface area contributed by atoms with E-state index < -0.39 is 0 Å². The SMILES string of the molecule is C=C(S/C=C(\N)Cn1cc(C(=O)NCc2c(C)cc(N)nc2C)cn1)C(C)(C)C. The number of aromatic nitrogens is 3. The van der Waals surface area contributed by atoms with Gasteiger partial charge in [0.25, 0.3) is 5.91 Å². The molecule has 0 radical (unpaired) electrons. The number of carbonyl (C=O) groups is 1. The molecule has 0 aromatic carbocycles. The molecule has 0 aliphatic heterocycles. The first-order valence-electron chi connectivity index (χ1n) is 9.31. The number of nitrogens with two attached hydrogens (primary N) is 2. The number of thioether (sulfide) groups is 1. The fourth-order valence-electron chi connectivity index (χ4n) is 2.54. The third-order valence-electron chi connectivity index (χ3n) is 4.43. The Morgan fingerprint density at radius 2 is 2.07 bits per heavy atom. The minimum absolute atomic E-state index is 0.00904. The van der Waals surface area contributed by atoms with Gasteiger partial charge in [0, 0.05) is 24.1 Å². The van der Waals surface area contributed by atoms with Crippen molar-refractivity contribution in [2.75, 3.05) is 5.73 Å². The molecule has 0 unspecified atom stereocenters. The molecule has 0 spiro atoms. The molecular formula is C21H30N6OS. The number of allylic oxidation sites excluding steroid dienone is 2. The van der Waals surface area contributed by atoms with E-state index in [0.717, 1.165) is 21.7 Å². The quantitative estimate of drug-likeness (QED) is 0.639. The Morgan fingerprint density at radius 1 is 1.38 bits per heavy atom. The van der Waals surface area contributed by atoms with E-state index >= 15 is 0 Å². The van der Waals surface area contributed by atoms with Crippen molar-refractivity contribution in [1.29, 1.82) is 0 Å². The molecule has 2 rings (SSSR count). The zero-order valence-corrected chi connectivity index (χ0v) is 18.6. The summed E-state index contributed by atoms with van der Waals surface area (Å²) in [6.07, 6.45) is 3.21. The normalized spacial score (nSPS) is 12.1. The van der Waals surface area contributed by atoms with Crippen LogP contribution in [-0.4, -0.2) is 20.7 Å². The second kappa shape index (κ2) is 9.17. The van der Waals surface area contributed by atoms with E-state index in [1.165, 1.54) is 18.0 Å². The monoisotopic (exact) mass is 414 g/mol. The van der Waals surface area contributed by atoms with Gasteiger partial charge in [-0.3, -0.25) is 9.48 Å². The van der Waals surface area contributed by atoms with Gasteiger partial charge in [-0.05, 0) is 46.8 Å². The highest BCUT2D eigenvalue weighted by Crippen LogP contribution is 2.33. The van der Waals surface area contributed by atoms with Gasteiger partial charge in [-0.2, -0.15) is 5.10 Å². The zero-order chi connectivity index (χ0) is 21.8. The van der Waals surface area contributed by atoms with Crippen molar-refractivity contribution in [2.24, 2.45) is 11.1 Å². The number of aryl methyl sites for hydroxylation is 2. The summed E-state index contributed by atoms with van der Waals surface area (Å²) in [5, 5.41) is 9.00. The van der Waals surface area contributed by atoms with Crippen LogP contribution in [0.5, 0.6) is 0 Å². The summed E-state index contributed by atoms with van der Waals surface area (Å²) < 4.78 is 1.64. The lowest BCUT2D eigenvalue weighted by Gasteiger charge is -2.19. The van der Waals surface area contributed by atoms with Crippen molar-refractivity contribution in [3.05, 3.63) is 63.4 Å². The minimum atomic E-state index is -0.204. The lowest BCUT2D eigenvalue weighted by Crippen LogP contribution is -2.23. The first-order valence-corrected chi connectivity index (χ1v) is 10.2. The highest BCUT2D eigenvalue weighted by atomic mass is 32.2. The second-order valence-electron chi connectivity index (χ2n) is 8.02. The average Bonchev–Trinajstić information content (AvgIpc) is 3.06. The van der Waals surface area contributed by atoms with E-state index in [1.54, 1.807) is 16.9 Å². The molecule has 29 heavy (non-hydrogen) atoms. The van der Waals surface area contributed by atoms with E-state index in [2.05, 4.69) is 42.7 Å². The van der Waals surface area contributed by atoms with Crippen molar-refractivity contribution >= 4 is 23.5 Å². The molecule has 0 saturated carbocycles. The van der Waals surface area contributed by atoms with Gasteiger partial charge in [-0.25, -0.2) is 4.98 Å². The molecule has 2 heterocycles. The largest absolute Gasteiger partial charge is 0.400 e. The van der Waals surface area contributed by atoms with Gasteiger partial charge in [0.15, 0.2) is 0 Å². The van der Waals surface area contributed by atoms with Gasteiger partial charge in [-0.1, -0.05) is 27.4 Å². The summed E-state index contributed by atoms with van der Waals surface area (Å²) in [5.74, 6) is 0.274. The van der Waals surface area contributed by atoms with Crippen LogP contribution in [0.15, 0.2) is 41.0 Å². The maximum absolute atomic E-state index is 12.5. The molecule has 2 aromatic heterocycles. The first-order chi connectivity index (χ1) is 13.5. The number of rotatable bonds is 7. The molecule has 156 valence electrons. The summed E-state index contributed by atoms with van der Waals surface area (Å²) in [6.45, 7) is 15.0. The Labute approximate surface area is 176 Å². The fraction of sp³-hybridized carbons (Fsp3) is 0.381. The van der Waals surface area contributed by atoms with Crippen LogP contribution < -0.4 is 16.8 Å². The van der Waals surface area contributed by atoms with Crippen LogP contribution in [0.1, 0.15) is 48.0 Å². The number of anilines is 1. The smallest absolute Gasteiger partial charge is 0.254 e. The van der Waals surface area contributed by atoms with Crippen LogP contribution >= 0.6 is 11.8 Å². The predicted molar refractivity (Wildman–Crippen MR) is 120 cm³/mol. The molecule has 8 heteroatoms. The predicted octanol–water partition coefficient (Wildman–Crippen LogP) is 3.50. The highest BCUT2D eigenvalue weighted by Gasteiger charge is 2.15. The summed E-state index contributed by atoms with van der Waals surface area (Å²) in [4.78, 5) is 17.7. The van der Waals surface area contributed by atoms with Gasteiger partial charge in [0.1, 0.15) is 5.82 Å². The molecule has 0 atom stereocenters. The van der Waals surface area contributed by atoms with Crippen LogP contribution in [0.3, 0.4) is 0 Å². The average molecular weight is 415 g/mol. The standard InChI is InChI=1S/C21H30N6OS/c1-13-7-19(23)26-14(2)18(13)9-24-20(28)16-8-25-27(10-16)11-17(22)12-29-15(3)21(4,5)6/h7-8,10,12H,3,9,11,22H2,1-2,4-6H3,(H2,23,26)(H,24,28)/b17-12-. The van der Waals surface area contributed by atoms with E-state index in [1.807, 2.05) is 19.3 Å². The van der Waals surface area contributed by atoms with Crippen LogP contribution in [0.2, 0.25) is 0 Å². The number of nitrogen functional groups attached to an aromatic ring is 1. The number of carbonyl (C=O) groups excluding carboxylic acids is 1. The number of nitrogens with zero attached hydrogens (tertiary/aromatic N) is 3. The van der Waals surface area contributed by atoms with Crippen molar-refractivity contribution in [1.82, 2.24) is 20.1 Å². The fourth-order valence-corrected chi connectivity index (χ4v) is 3.26. The Morgan fingerprint density at radius 3 is 2.69 bits per heavy atom. The molecule has 0 saturated heterocycles. The van der Waals surface area contributed by atoms with Crippen LogP contribution in [0.25, 0.3) is 0 Å². The lowest BCUT2D eigenvalue weighted by molar-refractivity contribution is 0.0950. The Bertz CT molecular complexity index is 916. The molecule has 5 N–H and O–H groups in total. The van der Waals surface area contributed by atoms with Crippen molar-refractivity contribution < 1.29 is 4.79 Å². The van der Waals surface area contributed by atoms with Gasteiger partial charge < -0.3 is 16.8 Å². The van der Waals surface area contributed by atoms with Gasteiger partial charge >= 0.3 is 0 Å². The molecule has 0 aliphatic carbocycles. The lowest BCUT2D eigenvalue weighted by atomic mass is 9.97. The number of amides is 1. The second-order valence-corrected chi connectivity index (χ2v) is 8.99. The Kier molecular flexibility index (Phi) is 7.13. The maximum atomic E-state index is 12.5. The van der Waals surface area contributed by atoms with Crippen LogP contribution in [0, 0.1) is 19.3 Å². The van der Waals surface area contributed by atoms with Crippen molar-refractivity contribution in [2.45, 2.75) is 47.7 Å². The van der Waals surface area contributed by atoms with Crippen LogP contribution in [0.4, 0.5) is 5.82 Å². The summed E-state index contributed by atoms with van der Waals surface area (Å²) in [7, 11) is 0. The van der Waals surface area contributed by atoms with E-state index in [4.69, 9.17) is 11.5 Å². The van der Waals surface area contributed by atoms with E-state index in [9.17, 15) is 4.79 Å². The summed E-state index contributed by atoms with van der Waals surface area (Å²) in [5.41, 5.74) is 15.7. The topological polar surface area (TPSA) is 112 Å². The van der Waals surface area contributed by atoms with Crippen molar-refractivity contribution in [3.63, 3.8) is 0 Å². The Balaban J connectivity index is 1.95.